The van der Waals surface area contributed by atoms with Gasteiger partial charge in [0.2, 0.25) is 0 Å². The van der Waals surface area contributed by atoms with Gasteiger partial charge in [0.15, 0.2) is 0 Å². The van der Waals surface area contributed by atoms with Crippen LogP contribution in [-0.4, -0.2) is 53.5 Å². The summed E-state index contributed by atoms with van der Waals surface area (Å²) < 4.78 is 6.03. The average molecular weight is 310 g/mol. The quantitative estimate of drug-likeness (QED) is 0.822. The molecule has 3 fully saturated rings. The van der Waals surface area contributed by atoms with Gasteiger partial charge in [0.25, 0.3) is 0 Å². The van der Waals surface area contributed by atoms with Crippen LogP contribution in [0.25, 0.3) is 0 Å². The van der Waals surface area contributed by atoms with Crippen molar-refractivity contribution in [2.45, 2.75) is 76.0 Å². The first-order chi connectivity index (χ1) is 10.6. The van der Waals surface area contributed by atoms with Crippen LogP contribution in [0.2, 0.25) is 0 Å². The number of ether oxygens (including phenoxy) is 1. The van der Waals surface area contributed by atoms with Crippen molar-refractivity contribution in [1.82, 2.24) is 10.2 Å². The van der Waals surface area contributed by atoms with E-state index in [1.165, 1.54) is 12.8 Å². The van der Waals surface area contributed by atoms with Crippen molar-refractivity contribution < 1.29 is 14.6 Å². The molecular weight excluding hydrogens is 280 g/mol. The second-order valence-electron chi connectivity index (χ2n) is 7.44. The van der Waals surface area contributed by atoms with Crippen LogP contribution in [-0.2, 0) is 4.74 Å². The van der Waals surface area contributed by atoms with E-state index in [0.29, 0.717) is 5.92 Å². The Morgan fingerprint density at radius 2 is 1.95 bits per heavy atom. The van der Waals surface area contributed by atoms with Gasteiger partial charge < -0.3 is 20.1 Å². The minimum absolute atomic E-state index is 0.0511. The normalized spacial score (nSPS) is 30.5. The van der Waals surface area contributed by atoms with E-state index in [-0.39, 0.29) is 23.8 Å². The van der Waals surface area contributed by atoms with Gasteiger partial charge in [-0.1, -0.05) is 12.8 Å². The lowest BCUT2D eigenvalue weighted by atomic mass is 9.89. The van der Waals surface area contributed by atoms with Crippen molar-refractivity contribution >= 4 is 6.03 Å². The van der Waals surface area contributed by atoms with E-state index < -0.39 is 0 Å². The van der Waals surface area contributed by atoms with Gasteiger partial charge in [-0.15, -0.1) is 0 Å². The maximum Gasteiger partial charge on any atom is 0.317 e. The number of carbonyl (C=O) groups excluding carboxylic acids is 1. The van der Waals surface area contributed by atoms with Crippen LogP contribution in [0.4, 0.5) is 4.79 Å². The summed E-state index contributed by atoms with van der Waals surface area (Å²) in [5, 5.41) is 12.9. The number of nitrogens with zero attached hydrogens (tertiary/aromatic N) is 1. The van der Waals surface area contributed by atoms with Gasteiger partial charge in [-0.25, -0.2) is 4.79 Å². The van der Waals surface area contributed by atoms with Gasteiger partial charge in [-0.3, -0.25) is 0 Å². The van der Waals surface area contributed by atoms with Gasteiger partial charge in [-0.2, -0.15) is 0 Å². The Morgan fingerprint density at radius 3 is 2.59 bits per heavy atom. The van der Waals surface area contributed by atoms with Crippen LogP contribution in [0.5, 0.6) is 0 Å². The molecule has 2 aliphatic heterocycles. The van der Waals surface area contributed by atoms with Crippen LogP contribution < -0.4 is 5.32 Å². The summed E-state index contributed by atoms with van der Waals surface area (Å²) >= 11 is 0. The Kier molecular flexibility index (Phi) is 4.93. The third-order valence-electron chi connectivity index (χ3n) is 5.84. The predicted molar refractivity (Wildman–Crippen MR) is 84.7 cm³/mol. The van der Waals surface area contributed by atoms with Gasteiger partial charge >= 0.3 is 6.03 Å². The summed E-state index contributed by atoms with van der Waals surface area (Å²) in [7, 11) is 0. The SMILES string of the molecule is CC(O)C1CCN(C(=O)NC2CCOC3(CCCC3)C2)CC1. The number of rotatable bonds is 2. The van der Waals surface area contributed by atoms with Crippen molar-refractivity contribution in [3.05, 3.63) is 0 Å². The highest BCUT2D eigenvalue weighted by Crippen LogP contribution is 2.40. The monoisotopic (exact) mass is 310 g/mol. The lowest BCUT2D eigenvalue weighted by molar-refractivity contribution is -0.0824. The molecule has 0 aromatic rings. The minimum Gasteiger partial charge on any atom is -0.393 e. The largest absolute Gasteiger partial charge is 0.393 e. The maximum atomic E-state index is 12.5. The van der Waals surface area contributed by atoms with E-state index in [2.05, 4.69) is 5.32 Å². The number of amides is 2. The molecule has 2 N–H and O–H groups in total. The molecule has 5 nitrogen and oxygen atoms in total. The predicted octanol–water partition coefficient (Wildman–Crippen LogP) is 2.28. The molecule has 5 heteroatoms. The molecule has 0 aromatic carbocycles. The molecule has 126 valence electrons. The third kappa shape index (κ3) is 3.57. The van der Waals surface area contributed by atoms with E-state index >= 15 is 0 Å². The Hall–Kier alpha value is -0.810. The van der Waals surface area contributed by atoms with Crippen molar-refractivity contribution in [3.8, 4) is 0 Å². The summed E-state index contributed by atoms with van der Waals surface area (Å²) in [6.45, 7) is 4.14. The standard InChI is InChI=1S/C17H30N2O3/c1-13(20)14-4-9-19(10-5-14)16(21)18-15-6-11-22-17(12-15)7-2-3-8-17/h13-15,20H,2-12H2,1H3,(H,18,21). The van der Waals surface area contributed by atoms with Crippen LogP contribution in [0.3, 0.4) is 0 Å². The Morgan fingerprint density at radius 1 is 1.27 bits per heavy atom. The molecule has 0 aromatic heterocycles. The van der Waals surface area contributed by atoms with Crippen molar-refractivity contribution in [1.29, 1.82) is 0 Å². The zero-order valence-electron chi connectivity index (χ0n) is 13.7. The molecule has 0 radical (unpaired) electrons. The van der Waals surface area contributed by atoms with Crippen LogP contribution in [0.1, 0.15) is 58.3 Å². The average Bonchev–Trinajstić information content (AvgIpc) is 2.95. The number of nitrogens with one attached hydrogen (secondary N) is 1. The fraction of sp³-hybridized carbons (Fsp3) is 0.941. The number of aliphatic hydroxyl groups is 1. The summed E-state index contributed by atoms with van der Waals surface area (Å²) in [6, 6.07) is 0.331. The summed E-state index contributed by atoms with van der Waals surface area (Å²) in [4.78, 5) is 14.4. The lowest BCUT2D eigenvalue weighted by Gasteiger charge is -2.40. The van der Waals surface area contributed by atoms with Crippen LogP contribution >= 0.6 is 0 Å². The van der Waals surface area contributed by atoms with E-state index in [0.717, 1.165) is 58.2 Å². The van der Waals surface area contributed by atoms with Crippen molar-refractivity contribution in [2.75, 3.05) is 19.7 Å². The molecule has 22 heavy (non-hydrogen) atoms. The van der Waals surface area contributed by atoms with E-state index in [1.807, 2.05) is 11.8 Å². The second kappa shape index (κ2) is 6.75. The Bertz CT molecular complexity index is 385. The van der Waals surface area contributed by atoms with Crippen molar-refractivity contribution in [2.24, 2.45) is 5.92 Å². The van der Waals surface area contributed by atoms with Gasteiger partial charge in [-0.05, 0) is 51.4 Å². The maximum absolute atomic E-state index is 12.5. The Labute approximate surface area is 133 Å². The second-order valence-corrected chi connectivity index (χ2v) is 7.44. The molecule has 2 saturated heterocycles. The number of piperidine rings is 1. The topological polar surface area (TPSA) is 61.8 Å². The number of likely N-dealkylation sites (tertiary alicyclic amines) is 1. The third-order valence-corrected chi connectivity index (χ3v) is 5.84. The summed E-state index contributed by atoms with van der Waals surface area (Å²) in [6.07, 6.45) is 8.27. The smallest absolute Gasteiger partial charge is 0.317 e. The molecule has 2 amide bonds. The highest BCUT2D eigenvalue weighted by molar-refractivity contribution is 5.74. The van der Waals surface area contributed by atoms with Gasteiger partial charge in [0.1, 0.15) is 0 Å². The first-order valence-electron chi connectivity index (χ1n) is 8.95. The lowest BCUT2D eigenvalue weighted by Crippen LogP contribution is -2.52. The van der Waals surface area contributed by atoms with E-state index in [4.69, 9.17) is 4.74 Å². The molecule has 0 bridgehead atoms. The van der Waals surface area contributed by atoms with E-state index in [9.17, 15) is 9.90 Å². The summed E-state index contributed by atoms with van der Waals surface area (Å²) in [5.74, 6) is 0.342. The molecule has 1 saturated carbocycles. The molecule has 3 rings (SSSR count). The fourth-order valence-corrected chi connectivity index (χ4v) is 4.37. The number of urea groups is 1. The molecule has 1 spiro atoms. The van der Waals surface area contributed by atoms with E-state index in [1.54, 1.807) is 0 Å². The molecule has 2 heterocycles. The van der Waals surface area contributed by atoms with Gasteiger partial charge in [0.05, 0.1) is 11.7 Å². The zero-order valence-corrected chi connectivity index (χ0v) is 13.7. The Balaban J connectivity index is 1.47. The fourth-order valence-electron chi connectivity index (χ4n) is 4.37. The highest BCUT2D eigenvalue weighted by atomic mass is 16.5. The van der Waals surface area contributed by atoms with Crippen LogP contribution in [0, 0.1) is 5.92 Å². The first-order valence-corrected chi connectivity index (χ1v) is 8.95. The molecule has 1 aliphatic carbocycles. The molecular formula is C17H30N2O3. The highest BCUT2D eigenvalue weighted by Gasteiger charge is 2.40. The minimum atomic E-state index is -0.261. The summed E-state index contributed by atoms with van der Waals surface area (Å²) in [5.41, 5.74) is 0.0511. The van der Waals surface area contributed by atoms with Crippen molar-refractivity contribution in [3.63, 3.8) is 0 Å². The number of carbonyl (C=O) groups is 1. The number of hydrogen-bond donors (Lipinski definition) is 2. The molecule has 2 atom stereocenters. The van der Waals surface area contributed by atoms with Crippen LogP contribution in [0.15, 0.2) is 0 Å². The first kappa shape index (κ1) is 16.1. The molecule has 2 unspecified atom stereocenters. The number of hydrogen-bond acceptors (Lipinski definition) is 3. The number of aliphatic hydroxyl groups excluding tert-OH is 1. The molecule has 3 aliphatic rings. The zero-order chi connectivity index (χ0) is 15.6. The van der Waals surface area contributed by atoms with Gasteiger partial charge in [0, 0.05) is 25.7 Å².